The predicted molar refractivity (Wildman–Crippen MR) is 45.6 cm³/mol. The molecule has 0 saturated carbocycles. The van der Waals surface area contributed by atoms with Crippen LogP contribution in [-0.2, 0) is 0 Å². The van der Waals surface area contributed by atoms with Gasteiger partial charge in [0.1, 0.15) is 0 Å². The van der Waals surface area contributed by atoms with Gasteiger partial charge in [0.05, 0.1) is 0 Å². The predicted octanol–water partition coefficient (Wildman–Crippen LogP) is 2.01. The van der Waals surface area contributed by atoms with E-state index in [9.17, 15) is 0 Å². The molecule has 0 radical (unpaired) electrons. The van der Waals surface area contributed by atoms with Gasteiger partial charge in [0, 0.05) is 16.4 Å². The van der Waals surface area contributed by atoms with Crippen molar-refractivity contribution in [2.24, 2.45) is 5.73 Å². The van der Waals surface area contributed by atoms with Crippen molar-refractivity contribution in [2.75, 3.05) is 5.75 Å². The average Bonchev–Trinajstić information content (AvgIpc) is 2.36. The molecule has 0 bridgehead atoms. The summed E-state index contributed by atoms with van der Waals surface area (Å²) in [6.45, 7) is 0. The molecule has 1 heterocycles. The van der Waals surface area contributed by atoms with Gasteiger partial charge in [-0.2, -0.15) is 0 Å². The molecule has 10 heavy (non-hydrogen) atoms. The van der Waals surface area contributed by atoms with E-state index in [1.807, 2.05) is 11.8 Å². The number of thioether (sulfide) groups is 1. The fraction of sp³-hybridized carbons (Fsp3) is 0.500. The molecule has 0 atom stereocenters. The minimum absolute atomic E-state index is 1.11. The quantitative estimate of drug-likeness (QED) is 0.576. The van der Waals surface area contributed by atoms with E-state index in [4.69, 9.17) is 5.73 Å². The van der Waals surface area contributed by atoms with Crippen LogP contribution < -0.4 is 5.73 Å². The van der Waals surface area contributed by atoms with Crippen LogP contribution in [0.5, 0.6) is 0 Å². The van der Waals surface area contributed by atoms with Crippen LogP contribution in [0.2, 0.25) is 0 Å². The Bertz CT molecular complexity index is 208. The first-order valence-electron chi connectivity index (χ1n) is 3.69. The second-order valence-corrected chi connectivity index (χ2v) is 3.78. The van der Waals surface area contributed by atoms with Crippen LogP contribution in [0, 0.1) is 0 Å². The Hall–Kier alpha value is -0.370. The summed E-state index contributed by atoms with van der Waals surface area (Å²) < 4.78 is 0. The third-order valence-electron chi connectivity index (χ3n) is 2.03. The highest BCUT2D eigenvalue weighted by atomic mass is 32.2. The highest BCUT2D eigenvalue weighted by Crippen LogP contribution is 2.39. The number of hydrogen-bond donors (Lipinski definition) is 1. The maximum Gasteiger partial charge on any atom is 0.0292 e. The maximum absolute atomic E-state index is 5.84. The molecule has 2 rings (SSSR count). The lowest BCUT2D eigenvalue weighted by atomic mass is 10.00. The summed E-state index contributed by atoms with van der Waals surface area (Å²) in [7, 11) is 0. The molecule has 1 nitrogen and oxygen atoms in total. The largest absolute Gasteiger partial charge is 0.401 e. The number of nitrogens with two attached hydrogens (primary N) is 1. The summed E-state index contributed by atoms with van der Waals surface area (Å²) in [4.78, 5) is 1.39. The van der Waals surface area contributed by atoms with Crippen molar-refractivity contribution in [3.05, 3.63) is 22.3 Å². The smallest absolute Gasteiger partial charge is 0.0292 e. The van der Waals surface area contributed by atoms with E-state index in [0.717, 1.165) is 17.9 Å². The monoisotopic (exact) mass is 153 g/mol. The van der Waals surface area contributed by atoms with Crippen LogP contribution in [0.25, 0.3) is 0 Å². The van der Waals surface area contributed by atoms with Crippen LogP contribution >= 0.6 is 11.8 Å². The van der Waals surface area contributed by atoms with Crippen molar-refractivity contribution in [1.29, 1.82) is 0 Å². The zero-order valence-electron chi connectivity index (χ0n) is 5.89. The van der Waals surface area contributed by atoms with Gasteiger partial charge in [0.25, 0.3) is 0 Å². The van der Waals surface area contributed by atoms with Crippen LogP contribution in [-0.4, -0.2) is 5.75 Å². The summed E-state index contributed by atoms with van der Waals surface area (Å²) in [5, 5.41) is 0. The minimum Gasteiger partial charge on any atom is -0.401 e. The molecule has 0 amide bonds. The molecule has 54 valence electrons. The van der Waals surface area contributed by atoms with Gasteiger partial charge in [-0.15, -0.1) is 11.8 Å². The second kappa shape index (κ2) is 2.35. The van der Waals surface area contributed by atoms with E-state index in [1.54, 1.807) is 0 Å². The Kier molecular flexibility index (Phi) is 1.49. The van der Waals surface area contributed by atoms with Crippen LogP contribution in [0.3, 0.4) is 0 Å². The summed E-state index contributed by atoms with van der Waals surface area (Å²) in [5.41, 5.74) is 8.47. The number of hydrogen-bond acceptors (Lipinski definition) is 2. The Morgan fingerprint density at radius 3 is 3.10 bits per heavy atom. The number of rotatable bonds is 0. The summed E-state index contributed by atoms with van der Waals surface area (Å²) in [6, 6.07) is 0. The standard InChI is InChI=1S/C8H11NS/c9-7-3-1-2-6-4-5-10-8(6)7/h4H,1-3,5,9H2. The molecule has 0 aromatic carbocycles. The molecule has 0 unspecified atom stereocenters. The Balaban J connectivity index is 2.38. The van der Waals surface area contributed by atoms with E-state index in [-0.39, 0.29) is 0 Å². The van der Waals surface area contributed by atoms with Crippen molar-refractivity contribution >= 4 is 11.8 Å². The molecular formula is C8H11NS. The minimum atomic E-state index is 1.11. The molecule has 0 aromatic rings. The lowest BCUT2D eigenvalue weighted by Crippen LogP contribution is -2.06. The molecule has 0 spiro atoms. The van der Waals surface area contributed by atoms with Crippen LogP contribution in [0.4, 0.5) is 0 Å². The highest BCUT2D eigenvalue weighted by Gasteiger charge is 2.18. The van der Waals surface area contributed by atoms with Gasteiger partial charge in [-0.05, 0) is 24.8 Å². The summed E-state index contributed by atoms with van der Waals surface area (Å²) in [6.07, 6.45) is 5.93. The fourth-order valence-corrected chi connectivity index (χ4v) is 2.62. The van der Waals surface area contributed by atoms with Gasteiger partial charge >= 0.3 is 0 Å². The second-order valence-electron chi connectivity index (χ2n) is 2.75. The lowest BCUT2D eigenvalue weighted by Gasteiger charge is -2.14. The molecule has 0 saturated heterocycles. The number of fused-ring (bicyclic) bond motifs is 1. The van der Waals surface area contributed by atoms with Crippen molar-refractivity contribution in [3.8, 4) is 0 Å². The molecule has 0 aromatic heterocycles. The van der Waals surface area contributed by atoms with Gasteiger partial charge in [0.2, 0.25) is 0 Å². The van der Waals surface area contributed by atoms with E-state index in [1.165, 1.54) is 23.3 Å². The molecule has 2 aliphatic rings. The molecule has 1 aliphatic heterocycles. The van der Waals surface area contributed by atoms with E-state index in [0.29, 0.717) is 0 Å². The topological polar surface area (TPSA) is 26.0 Å². The van der Waals surface area contributed by atoms with Crippen molar-refractivity contribution in [3.63, 3.8) is 0 Å². The van der Waals surface area contributed by atoms with Gasteiger partial charge in [-0.25, -0.2) is 0 Å². The normalized spacial score (nSPS) is 24.6. The molecule has 2 N–H and O–H groups in total. The third kappa shape index (κ3) is 0.870. The van der Waals surface area contributed by atoms with Crippen molar-refractivity contribution in [1.82, 2.24) is 0 Å². The van der Waals surface area contributed by atoms with Crippen molar-refractivity contribution in [2.45, 2.75) is 19.3 Å². The summed E-state index contributed by atoms with van der Waals surface area (Å²) >= 11 is 1.90. The van der Waals surface area contributed by atoms with Gasteiger partial charge in [0.15, 0.2) is 0 Å². The Labute approximate surface area is 65.4 Å². The first kappa shape index (κ1) is 6.35. The Morgan fingerprint density at radius 2 is 2.30 bits per heavy atom. The van der Waals surface area contributed by atoms with E-state index >= 15 is 0 Å². The van der Waals surface area contributed by atoms with Gasteiger partial charge in [-0.3, -0.25) is 0 Å². The molecule has 2 heteroatoms. The summed E-state index contributed by atoms with van der Waals surface area (Å²) in [5.74, 6) is 1.14. The number of allylic oxidation sites excluding steroid dienone is 2. The maximum atomic E-state index is 5.84. The third-order valence-corrected chi connectivity index (χ3v) is 3.18. The van der Waals surface area contributed by atoms with Gasteiger partial charge < -0.3 is 5.73 Å². The first-order valence-corrected chi connectivity index (χ1v) is 4.67. The Morgan fingerprint density at radius 1 is 1.40 bits per heavy atom. The van der Waals surface area contributed by atoms with E-state index < -0.39 is 0 Å². The molecular weight excluding hydrogens is 142 g/mol. The first-order chi connectivity index (χ1) is 4.88. The lowest BCUT2D eigenvalue weighted by molar-refractivity contribution is 0.772. The SMILES string of the molecule is NC1=C2SCC=C2CCC1. The van der Waals surface area contributed by atoms with E-state index in [2.05, 4.69) is 6.08 Å². The molecule has 0 fully saturated rings. The molecule has 1 aliphatic carbocycles. The van der Waals surface area contributed by atoms with Crippen LogP contribution in [0.1, 0.15) is 19.3 Å². The average molecular weight is 153 g/mol. The zero-order chi connectivity index (χ0) is 6.97. The highest BCUT2D eigenvalue weighted by molar-refractivity contribution is 8.03. The van der Waals surface area contributed by atoms with Crippen LogP contribution in [0.15, 0.2) is 22.3 Å². The fourth-order valence-electron chi connectivity index (χ4n) is 1.51. The van der Waals surface area contributed by atoms with Gasteiger partial charge in [-0.1, -0.05) is 6.08 Å². The van der Waals surface area contributed by atoms with Crippen molar-refractivity contribution < 1.29 is 0 Å². The zero-order valence-corrected chi connectivity index (χ0v) is 6.71.